The van der Waals surface area contributed by atoms with E-state index in [1.807, 2.05) is 17.0 Å². The smallest absolute Gasteiger partial charge is 0.276 e. The number of benzene rings is 1. The van der Waals surface area contributed by atoms with Crippen LogP contribution in [0.15, 0.2) is 24.3 Å². The SMILES string of the molecule is CC(C)CC(=O)N1CCN(c2ccc(NC(=O)C(Cl)(Cl)Cl)cc2)CC1. The molecule has 5 nitrogen and oxygen atoms in total. The van der Waals surface area contributed by atoms with E-state index in [4.69, 9.17) is 34.8 Å². The van der Waals surface area contributed by atoms with Crippen molar-refractivity contribution in [1.82, 2.24) is 4.90 Å². The molecule has 0 atom stereocenters. The molecule has 2 amide bonds. The maximum atomic E-state index is 12.1. The third-order valence-electron chi connectivity index (χ3n) is 3.96. The van der Waals surface area contributed by atoms with Crippen LogP contribution in [0.3, 0.4) is 0 Å². The number of hydrogen-bond donors (Lipinski definition) is 1. The third kappa shape index (κ3) is 5.94. The molecule has 0 bridgehead atoms. The summed E-state index contributed by atoms with van der Waals surface area (Å²) in [7, 11) is 0. The summed E-state index contributed by atoms with van der Waals surface area (Å²) in [5.41, 5.74) is 1.59. The Labute approximate surface area is 163 Å². The Morgan fingerprint density at radius 1 is 1.08 bits per heavy atom. The molecule has 2 rings (SSSR count). The number of nitrogens with one attached hydrogen (secondary N) is 1. The highest BCUT2D eigenvalue weighted by atomic mass is 35.6. The lowest BCUT2D eigenvalue weighted by Crippen LogP contribution is -2.49. The van der Waals surface area contributed by atoms with Gasteiger partial charge in [-0.15, -0.1) is 0 Å². The summed E-state index contributed by atoms with van der Waals surface area (Å²) < 4.78 is -1.99. The Morgan fingerprint density at radius 2 is 1.64 bits per heavy atom. The van der Waals surface area contributed by atoms with Crippen molar-refractivity contribution >= 4 is 58.0 Å². The second-order valence-corrected chi connectivity index (χ2v) is 8.75. The van der Waals surface area contributed by atoms with Gasteiger partial charge >= 0.3 is 0 Å². The molecule has 0 aromatic heterocycles. The van der Waals surface area contributed by atoms with Crippen LogP contribution < -0.4 is 10.2 Å². The number of nitrogens with zero attached hydrogens (tertiary/aromatic N) is 2. The summed E-state index contributed by atoms with van der Waals surface area (Å²) in [6, 6.07) is 7.33. The van der Waals surface area contributed by atoms with E-state index in [2.05, 4.69) is 24.1 Å². The predicted molar refractivity (Wildman–Crippen MR) is 104 cm³/mol. The van der Waals surface area contributed by atoms with Crippen molar-refractivity contribution in [2.75, 3.05) is 36.4 Å². The second kappa shape index (κ2) is 8.47. The van der Waals surface area contributed by atoms with Gasteiger partial charge in [0, 0.05) is 44.0 Å². The molecule has 25 heavy (non-hydrogen) atoms. The van der Waals surface area contributed by atoms with Crippen LogP contribution in [0.5, 0.6) is 0 Å². The number of rotatable bonds is 4. The van der Waals surface area contributed by atoms with E-state index in [0.29, 0.717) is 18.0 Å². The average Bonchev–Trinajstić information content (AvgIpc) is 2.54. The molecule has 1 aromatic rings. The van der Waals surface area contributed by atoms with E-state index in [1.54, 1.807) is 12.1 Å². The van der Waals surface area contributed by atoms with Gasteiger partial charge in [0.1, 0.15) is 0 Å². The second-order valence-electron chi connectivity index (χ2n) is 6.46. The van der Waals surface area contributed by atoms with Crippen molar-refractivity contribution in [3.05, 3.63) is 24.3 Å². The molecule has 0 saturated carbocycles. The van der Waals surface area contributed by atoms with Gasteiger partial charge in [0.2, 0.25) is 5.91 Å². The van der Waals surface area contributed by atoms with Gasteiger partial charge in [-0.3, -0.25) is 9.59 Å². The number of piperazine rings is 1. The minimum atomic E-state index is -1.99. The van der Waals surface area contributed by atoms with E-state index in [9.17, 15) is 9.59 Å². The van der Waals surface area contributed by atoms with Crippen LogP contribution in [0.2, 0.25) is 0 Å². The molecule has 1 fully saturated rings. The standard InChI is InChI=1S/C17H22Cl3N3O2/c1-12(2)11-15(24)23-9-7-22(8-10-23)14-5-3-13(4-6-14)21-16(25)17(18,19)20/h3-6,12H,7-11H2,1-2H3,(H,21,25). The Bertz CT molecular complexity index is 607. The third-order valence-corrected chi connectivity index (χ3v) is 4.48. The topological polar surface area (TPSA) is 52.7 Å². The monoisotopic (exact) mass is 405 g/mol. The summed E-state index contributed by atoms with van der Waals surface area (Å²) >= 11 is 16.6. The summed E-state index contributed by atoms with van der Waals surface area (Å²) in [5, 5.41) is 2.55. The lowest BCUT2D eigenvalue weighted by molar-refractivity contribution is -0.132. The van der Waals surface area contributed by atoms with Crippen LogP contribution in [0.4, 0.5) is 11.4 Å². The van der Waals surface area contributed by atoms with E-state index in [-0.39, 0.29) is 5.91 Å². The predicted octanol–water partition coefficient (Wildman–Crippen LogP) is 3.69. The van der Waals surface area contributed by atoms with Crippen LogP contribution in [0.25, 0.3) is 0 Å². The lowest BCUT2D eigenvalue weighted by Gasteiger charge is -2.36. The zero-order chi connectivity index (χ0) is 18.6. The quantitative estimate of drug-likeness (QED) is 0.776. The molecule has 8 heteroatoms. The number of halogens is 3. The molecule has 1 aromatic carbocycles. The summed E-state index contributed by atoms with van der Waals surface area (Å²) in [6.07, 6.45) is 0.595. The number of carbonyl (C=O) groups excluding carboxylic acids is 2. The van der Waals surface area contributed by atoms with Gasteiger partial charge in [-0.1, -0.05) is 48.7 Å². The highest BCUT2D eigenvalue weighted by Gasteiger charge is 2.30. The molecule has 1 aliphatic rings. The lowest BCUT2D eigenvalue weighted by atomic mass is 10.1. The molecular formula is C17H22Cl3N3O2. The van der Waals surface area contributed by atoms with Crippen molar-refractivity contribution in [2.45, 2.75) is 24.1 Å². The van der Waals surface area contributed by atoms with Gasteiger partial charge in [0.05, 0.1) is 0 Å². The molecule has 1 saturated heterocycles. The summed E-state index contributed by atoms with van der Waals surface area (Å²) in [6.45, 7) is 7.11. The van der Waals surface area contributed by atoms with Crippen LogP contribution in [0.1, 0.15) is 20.3 Å². The Morgan fingerprint density at radius 3 is 2.12 bits per heavy atom. The minimum Gasteiger partial charge on any atom is -0.368 e. The number of carbonyl (C=O) groups is 2. The number of hydrogen-bond acceptors (Lipinski definition) is 3. The molecule has 1 heterocycles. The Balaban J connectivity index is 1.89. The van der Waals surface area contributed by atoms with Gasteiger partial charge in [0.15, 0.2) is 0 Å². The zero-order valence-electron chi connectivity index (χ0n) is 14.3. The van der Waals surface area contributed by atoms with Gasteiger partial charge in [-0.25, -0.2) is 0 Å². The first-order chi connectivity index (χ1) is 11.7. The normalized spacial score (nSPS) is 15.4. The summed E-state index contributed by atoms with van der Waals surface area (Å²) in [5.74, 6) is -0.0945. The molecule has 138 valence electrons. The fraction of sp³-hybridized carbons (Fsp3) is 0.529. The number of amides is 2. The molecule has 1 aliphatic heterocycles. The molecule has 0 aliphatic carbocycles. The van der Waals surface area contributed by atoms with Crippen LogP contribution in [-0.2, 0) is 9.59 Å². The van der Waals surface area contributed by atoms with Crippen molar-refractivity contribution in [3.63, 3.8) is 0 Å². The molecule has 1 N–H and O–H groups in total. The van der Waals surface area contributed by atoms with E-state index >= 15 is 0 Å². The van der Waals surface area contributed by atoms with Crippen LogP contribution in [0, 0.1) is 5.92 Å². The minimum absolute atomic E-state index is 0.222. The number of anilines is 2. The van der Waals surface area contributed by atoms with Crippen molar-refractivity contribution in [1.29, 1.82) is 0 Å². The van der Waals surface area contributed by atoms with Gasteiger partial charge in [-0.05, 0) is 30.2 Å². The van der Waals surface area contributed by atoms with Crippen molar-refractivity contribution < 1.29 is 9.59 Å². The van der Waals surface area contributed by atoms with Crippen LogP contribution >= 0.6 is 34.8 Å². The molecule has 0 unspecified atom stereocenters. The fourth-order valence-electron chi connectivity index (χ4n) is 2.65. The summed E-state index contributed by atoms with van der Waals surface area (Å²) in [4.78, 5) is 27.9. The first-order valence-corrected chi connectivity index (χ1v) is 9.31. The van der Waals surface area contributed by atoms with E-state index in [0.717, 1.165) is 31.9 Å². The van der Waals surface area contributed by atoms with Crippen molar-refractivity contribution in [3.8, 4) is 0 Å². The highest BCUT2D eigenvalue weighted by Crippen LogP contribution is 2.28. The average molecular weight is 407 g/mol. The van der Waals surface area contributed by atoms with Gasteiger partial charge in [0.25, 0.3) is 9.70 Å². The van der Waals surface area contributed by atoms with E-state index < -0.39 is 9.70 Å². The van der Waals surface area contributed by atoms with Crippen LogP contribution in [-0.4, -0.2) is 46.7 Å². The molecule has 0 spiro atoms. The van der Waals surface area contributed by atoms with Gasteiger partial charge in [-0.2, -0.15) is 0 Å². The van der Waals surface area contributed by atoms with Gasteiger partial charge < -0.3 is 15.1 Å². The Hall–Kier alpha value is -1.17. The first-order valence-electron chi connectivity index (χ1n) is 8.18. The van der Waals surface area contributed by atoms with Crippen molar-refractivity contribution in [2.24, 2.45) is 5.92 Å². The first kappa shape index (κ1) is 20.1. The largest absolute Gasteiger partial charge is 0.368 e. The number of alkyl halides is 3. The maximum Gasteiger partial charge on any atom is 0.276 e. The maximum absolute atomic E-state index is 12.1. The fourth-order valence-corrected chi connectivity index (χ4v) is 2.79. The highest BCUT2D eigenvalue weighted by molar-refractivity contribution is 6.76. The molecular weight excluding hydrogens is 385 g/mol. The molecule has 0 radical (unpaired) electrons. The van der Waals surface area contributed by atoms with E-state index in [1.165, 1.54) is 0 Å². The Kier molecular flexibility index (Phi) is 6.83. The zero-order valence-corrected chi connectivity index (χ0v) is 16.5.